The maximum absolute atomic E-state index is 11.2. The fraction of sp³-hybridized carbons (Fsp3) is 0.900. The summed E-state index contributed by atoms with van der Waals surface area (Å²) in [6, 6.07) is 0. The zero-order valence-electron chi connectivity index (χ0n) is 8.75. The van der Waals surface area contributed by atoms with Crippen LogP contribution in [0.15, 0.2) is 0 Å². The standard InChI is InChI=1S/C10H20N2O2/c1-11-6-10(14)12-5-8-3-2-4-9(8)7-13/h8-9,11,13H,2-7H2,1H3,(H,12,14). The van der Waals surface area contributed by atoms with Crippen LogP contribution in [0.25, 0.3) is 0 Å². The van der Waals surface area contributed by atoms with E-state index in [4.69, 9.17) is 5.11 Å². The molecule has 1 rings (SSSR count). The summed E-state index contributed by atoms with van der Waals surface area (Å²) < 4.78 is 0. The maximum Gasteiger partial charge on any atom is 0.233 e. The van der Waals surface area contributed by atoms with E-state index in [1.54, 1.807) is 7.05 Å². The average molecular weight is 200 g/mol. The fourth-order valence-corrected chi connectivity index (χ4v) is 2.09. The fourth-order valence-electron chi connectivity index (χ4n) is 2.09. The van der Waals surface area contributed by atoms with Crippen molar-refractivity contribution in [3.05, 3.63) is 0 Å². The number of carbonyl (C=O) groups is 1. The lowest BCUT2D eigenvalue weighted by atomic mass is 9.97. The van der Waals surface area contributed by atoms with Gasteiger partial charge < -0.3 is 15.7 Å². The highest BCUT2D eigenvalue weighted by molar-refractivity contribution is 5.77. The van der Waals surface area contributed by atoms with Crippen LogP contribution in [0, 0.1) is 11.8 Å². The molecule has 0 radical (unpaired) electrons. The maximum atomic E-state index is 11.2. The molecule has 0 aromatic carbocycles. The van der Waals surface area contributed by atoms with Gasteiger partial charge in [-0.05, 0) is 31.7 Å². The molecule has 0 aromatic heterocycles. The van der Waals surface area contributed by atoms with Crippen molar-refractivity contribution in [2.24, 2.45) is 11.8 Å². The first-order chi connectivity index (χ1) is 6.77. The van der Waals surface area contributed by atoms with Gasteiger partial charge in [-0.1, -0.05) is 6.42 Å². The van der Waals surface area contributed by atoms with E-state index in [2.05, 4.69) is 10.6 Å². The SMILES string of the molecule is CNCC(=O)NCC1CCCC1CO. The summed E-state index contributed by atoms with van der Waals surface area (Å²) in [4.78, 5) is 11.2. The normalized spacial score (nSPS) is 26.4. The first kappa shape index (κ1) is 11.5. The van der Waals surface area contributed by atoms with Gasteiger partial charge in [0.1, 0.15) is 0 Å². The second-order valence-electron chi connectivity index (χ2n) is 3.97. The van der Waals surface area contributed by atoms with Crippen molar-refractivity contribution in [2.75, 3.05) is 26.7 Å². The lowest BCUT2D eigenvalue weighted by Gasteiger charge is -2.17. The summed E-state index contributed by atoms with van der Waals surface area (Å²) in [5.41, 5.74) is 0. The Bertz CT molecular complexity index is 185. The molecule has 3 N–H and O–H groups in total. The number of amides is 1. The van der Waals surface area contributed by atoms with Gasteiger partial charge in [0.25, 0.3) is 0 Å². The van der Waals surface area contributed by atoms with E-state index in [1.807, 2.05) is 0 Å². The molecule has 0 bridgehead atoms. The van der Waals surface area contributed by atoms with Gasteiger partial charge in [-0.15, -0.1) is 0 Å². The van der Waals surface area contributed by atoms with Crippen LogP contribution in [0.4, 0.5) is 0 Å². The van der Waals surface area contributed by atoms with E-state index >= 15 is 0 Å². The molecule has 0 saturated heterocycles. The smallest absolute Gasteiger partial charge is 0.233 e. The van der Waals surface area contributed by atoms with Crippen molar-refractivity contribution in [2.45, 2.75) is 19.3 Å². The molecule has 0 aliphatic heterocycles. The molecule has 1 saturated carbocycles. The van der Waals surface area contributed by atoms with Gasteiger partial charge in [-0.25, -0.2) is 0 Å². The number of aliphatic hydroxyl groups is 1. The number of nitrogens with one attached hydrogen (secondary N) is 2. The highest BCUT2D eigenvalue weighted by Crippen LogP contribution is 2.30. The van der Waals surface area contributed by atoms with Crippen molar-refractivity contribution in [1.29, 1.82) is 0 Å². The summed E-state index contributed by atoms with van der Waals surface area (Å²) in [5.74, 6) is 0.904. The Morgan fingerprint density at radius 2 is 2.14 bits per heavy atom. The third kappa shape index (κ3) is 3.27. The van der Waals surface area contributed by atoms with Crippen molar-refractivity contribution in [3.8, 4) is 0 Å². The molecular formula is C10H20N2O2. The van der Waals surface area contributed by atoms with Crippen molar-refractivity contribution < 1.29 is 9.90 Å². The zero-order valence-corrected chi connectivity index (χ0v) is 8.75. The Labute approximate surface area is 85.1 Å². The molecule has 2 atom stereocenters. The van der Waals surface area contributed by atoms with E-state index in [9.17, 15) is 4.79 Å². The van der Waals surface area contributed by atoms with Gasteiger partial charge in [0.2, 0.25) is 5.91 Å². The third-order valence-corrected chi connectivity index (χ3v) is 2.95. The molecule has 0 spiro atoms. The molecule has 1 fully saturated rings. The lowest BCUT2D eigenvalue weighted by molar-refractivity contribution is -0.120. The van der Waals surface area contributed by atoms with Crippen LogP contribution in [0.1, 0.15) is 19.3 Å². The quantitative estimate of drug-likeness (QED) is 0.572. The van der Waals surface area contributed by atoms with Crippen molar-refractivity contribution >= 4 is 5.91 Å². The highest BCUT2D eigenvalue weighted by Gasteiger charge is 2.26. The summed E-state index contributed by atoms with van der Waals surface area (Å²) in [5, 5.41) is 14.8. The minimum Gasteiger partial charge on any atom is -0.396 e. The predicted molar refractivity (Wildman–Crippen MR) is 54.9 cm³/mol. The topological polar surface area (TPSA) is 61.4 Å². The van der Waals surface area contributed by atoms with Crippen LogP contribution < -0.4 is 10.6 Å². The Morgan fingerprint density at radius 1 is 1.43 bits per heavy atom. The second-order valence-corrected chi connectivity index (χ2v) is 3.97. The van der Waals surface area contributed by atoms with Gasteiger partial charge >= 0.3 is 0 Å². The summed E-state index contributed by atoms with van der Waals surface area (Å²) in [6.07, 6.45) is 3.41. The van der Waals surface area contributed by atoms with Gasteiger partial charge in [0, 0.05) is 13.2 Å². The molecular weight excluding hydrogens is 180 g/mol. The second kappa shape index (κ2) is 5.98. The number of carbonyl (C=O) groups excluding carboxylic acids is 1. The monoisotopic (exact) mass is 200 g/mol. The summed E-state index contributed by atoms with van der Waals surface area (Å²) >= 11 is 0. The summed E-state index contributed by atoms with van der Waals surface area (Å²) in [6.45, 7) is 1.34. The lowest BCUT2D eigenvalue weighted by Crippen LogP contribution is -2.36. The number of hydrogen-bond acceptors (Lipinski definition) is 3. The summed E-state index contributed by atoms with van der Waals surface area (Å²) in [7, 11) is 1.76. The van der Waals surface area contributed by atoms with E-state index in [0.29, 0.717) is 24.9 Å². The molecule has 1 amide bonds. The third-order valence-electron chi connectivity index (χ3n) is 2.95. The molecule has 82 valence electrons. The van der Waals surface area contributed by atoms with E-state index < -0.39 is 0 Å². The molecule has 1 aliphatic rings. The Morgan fingerprint density at radius 3 is 2.79 bits per heavy atom. The van der Waals surface area contributed by atoms with Gasteiger partial charge in [0.05, 0.1) is 6.54 Å². The van der Waals surface area contributed by atoms with E-state index in [0.717, 1.165) is 12.8 Å². The van der Waals surface area contributed by atoms with E-state index in [1.165, 1.54) is 6.42 Å². The van der Waals surface area contributed by atoms with Crippen LogP contribution in [-0.2, 0) is 4.79 Å². The molecule has 14 heavy (non-hydrogen) atoms. The van der Waals surface area contributed by atoms with Gasteiger partial charge in [-0.3, -0.25) is 4.79 Å². The average Bonchev–Trinajstić information content (AvgIpc) is 2.62. The first-order valence-electron chi connectivity index (χ1n) is 5.30. The molecule has 1 aliphatic carbocycles. The largest absolute Gasteiger partial charge is 0.396 e. The van der Waals surface area contributed by atoms with Crippen LogP contribution in [0.3, 0.4) is 0 Å². The Balaban J connectivity index is 2.20. The van der Waals surface area contributed by atoms with Crippen molar-refractivity contribution in [3.63, 3.8) is 0 Å². The Kier molecular flexibility index (Phi) is 4.90. The highest BCUT2D eigenvalue weighted by atomic mass is 16.3. The first-order valence-corrected chi connectivity index (χ1v) is 5.30. The molecule has 0 aromatic rings. The van der Waals surface area contributed by atoms with Crippen LogP contribution in [0.2, 0.25) is 0 Å². The van der Waals surface area contributed by atoms with Gasteiger partial charge in [0.15, 0.2) is 0 Å². The number of hydrogen-bond donors (Lipinski definition) is 3. The molecule has 2 unspecified atom stereocenters. The minimum atomic E-state index is 0.0380. The van der Waals surface area contributed by atoms with Gasteiger partial charge in [-0.2, -0.15) is 0 Å². The van der Waals surface area contributed by atoms with Crippen molar-refractivity contribution in [1.82, 2.24) is 10.6 Å². The number of aliphatic hydroxyl groups excluding tert-OH is 1. The predicted octanol–water partition coefficient (Wildman–Crippen LogP) is -0.269. The molecule has 4 heteroatoms. The number of rotatable bonds is 5. The zero-order chi connectivity index (χ0) is 10.4. The number of likely N-dealkylation sites (N-methyl/N-ethyl adjacent to an activating group) is 1. The Hall–Kier alpha value is -0.610. The van der Waals surface area contributed by atoms with Crippen LogP contribution in [-0.4, -0.2) is 37.8 Å². The molecule has 0 heterocycles. The molecule has 4 nitrogen and oxygen atoms in total. The van der Waals surface area contributed by atoms with Crippen LogP contribution >= 0.6 is 0 Å². The van der Waals surface area contributed by atoms with E-state index in [-0.39, 0.29) is 12.5 Å². The van der Waals surface area contributed by atoms with Crippen LogP contribution in [0.5, 0.6) is 0 Å². The minimum absolute atomic E-state index is 0.0380.